The van der Waals surface area contributed by atoms with Gasteiger partial charge in [0.1, 0.15) is 0 Å². The van der Waals surface area contributed by atoms with Crippen molar-refractivity contribution in [2.75, 3.05) is 0 Å². The number of aliphatic hydroxyl groups excluding tert-OH is 1. The van der Waals surface area contributed by atoms with Crippen LogP contribution < -0.4 is 0 Å². The molecule has 0 rings (SSSR count). The van der Waals surface area contributed by atoms with Gasteiger partial charge in [0, 0.05) is 6.42 Å². The van der Waals surface area contributed by atoms with Crippen LogP contribution in [0.3, 0.4) is 0 Å². The fourth-order valence-corrected chi connectivity index (χ4v) is 2.42. The molecule has 0 radical (unpaired) electrons. The van der Waals surface area contributed by atoms with Crippen LogP contribution in [-0.2, 0) is 0 Å². The molecule has 0 saturated heterocycles. The highest BCUT2D eigenvalue weighted by Crippen LogP contribution is 2.16. The minimum atomic E-state index is -0.0706. The third-order valence-electron chi connectivity index (χ3n) is 3.98. The molecule has 0 aliphatic carbocycles. The maximum Gasteiger partial charge on any atom is 0.0542 e. The topological polar surface area (TPSA) is 20.2 Å². The zero-order valence-corrected chi connectivity index (χ0v) is 13.2. The summed E-state index contributed by atoms with van der Waals surface area (Å²) in [7, 11) is 0. The minimum absolute atomic E-state index is 0.0706. The van der Waals surface area contributed by atoms with Crippen molar-refractivity contribution in [1.29, 1.82) is 0 Å². The number of rotatable bonds is 13. The predicted octanol–water partition coefficient (Wildman–Crippen LogP) is 5.32. The van der Waals surface area contributed by atoms with Crippen molar-refractivity contribution in [3.8, 4) is 12.3 Å². The van der Waals surface area contributed by atoms with E-state index < -0.39 is 0 Å². The van der Waals surface area contributed by atoms with Gasteiger partial charge in [0.05, 0.1) is 6.10 Å². The molecule has 0 aliphatic rings. The summed E-state index contributed by atoms with van der Waals surface area (Å²) in [6.45, 7) is 4.42. The summed E-state index contributed by atoms with van der Waals surface area (Å²) in [6.07, 6.45) is 19.5. The van der Waals surface area contributed by atoms with Crippen LogP contribution in [0.5, 0.6) is 0 Å². The molecular weight excluding hydrogens is 232 g/mol. The Hall–Kier alpha value is -0.480. The van der Waals surface area contributed by atoms with Gasteiger partial charge in [-0.15, -0.1) is 12.3 Å². The van der Waals surface area contributed by atoms with Crippen molar-refractivity contribution in [2.24, 2.45) is 5.92 Å². The van der Waals surface area contributed by atoms with E-state index in [0.717, 1.165) is 19.3 Å². The van der Waals surface area contributed by atoms with Crippen molar-refractivity contribution in [2.45, 2.75) is 97.0 Å². The van der Waals surface area contributed by atoms with Gasteiger partial charge in [0.2, 0.25) is 0 Å². The van der Waals surface area contributed by atoms with Crippen molar-refractivity contribution in [3.63, 3.8) is 0 Å². The van der Waals surface area contributed by atoms with Crippen LogP contribution in [0.1, 0.15) is 90.9 Å². The number of hydrogen-bond donors (Lipinski definition) is 1. The molecule has 1 nitrogen and oxygen atoms in total. The van der Waals surface area contributed by atoms with E-state index in [0.29, 0.717) is 5.92 Å². The standard InChI is InChI=1S/C18H34O/c1-4-6-7-8-9-10-11-12-13-14-15-18(19)16-17(3)5-2/h1,17-19H,5-16H2,2-3H3. The lowest BCUT2D eigenvalue weighted by molar-refractivity contribution is 0.132. The van der Waals surface area contributed by atoms with Gasteiger partial charge in [0.25, 0.3) is 0 Å². The summed E-state index contributed by atoms with van der Waals surface area (Å²) < 4.78 is 0. The molecule has 0 aromatic heterocycles. The lowest BCUT2D eigenvalue weighted by atomic mass is 9.97. The first-order valence-electron chi connectivity index (χ1n) is 8.32. The average Bonchev–Trinajstić information content (AvgIpc) is 2.40. The zero-order chi connectivity index (χ0) is 14.3. The van der Waals surface area contributed by atoms with E-state index in [1.165, 1.54) is 57.8 Å². The SMILES string of the molecule is C#CCCCCCCCCCCC(O)CC(C)CC. The van der Waals surface area contributed by atoms with Crippen molar-refractivity contribution < 1.29 is 5.11 Å². The van der Waals surface area contributed by atoms with Crippen LogP contribution in [0.2, 0.25) is 0 Å². The van der Waals surface area contributed by atoms with Crippen molar-refractivity contribution >= 4 is 0 Å². The third kappa shape index (κ3) is 13.7. The Morgan fingerprint density at radius 2 is 1.47 bits per heavy atom. The number of hydrogen-bond acceptors (Lipinski definition) is 1. The van der Waals surface area contributed by atoms with Crippen LogP contribution in [0, 0.1) is 18.3 Å². The molecule has 0 saturated carbocycles. The number of unbranched alkanes of at least 4 members (excludes halogenated alkanes) is 8. The van der Waals surface area contributed by atoms with Gasteiger partial charge in [-0.05, 0) is 25.2 Å². The lowest BCUT2D eigenvalue weighted by Gasteiger charge is -2.14. The van der Waals surface area contributed by atoms with E-state index in [4.69, 9.17) is 6.42 Å². The second-order valence-electron chi connectivity index (χ2n) is 5.97. The molecular formula is C18H34O. The summed E-state index contributed by atoms with van der Waals surface area (Å²) >= 11 is 0. The molecule has 0 spiro atoms. The normalized spacial score (nSPS) is 14.0. The highest BCUT2D eigenvalue weighted by Gasteiger charge is 2.08. The highest BCUT2D eigenvalue weighted by molar-refractivity contribution is 4.82. The summed E-state index contributed by atoms with van der Waals surface area (Å²) in [5, 5.41) is 9.86. The molecule has 0 amide bonds. The van der Waals surface area contributed by atoms with Gasteiger partial charge in [-0.3, -0.25) is 0 Å². The summed E-state index contributed by atoms with van der Waals surface area (Å²) in [4.78, 5) is 0. The van der Waals surface area contributed by atoms with Gasteiger partial charge < -0.3 is 5.11 Å². The first-order valence-corrected chi connectivity index (χ1v) is 8.32. The fraction of sp³-hybridized carbons (Fsp3) is 0.889. The maximum absolute atomic E-state index is 9.86. The summed E-state index contributed by atoms with van der Waals surface area (Å²) in [5.74, 6) is 3.36. The van der Waals surface area contributed by atoms with Gasteiger partial charge in [0.15, 0.2) is 0 Å². The van der Waals surface area contributed by atoms with Crippen LogP contribution in [0.25, 0.3) is 0 Å². The van der Waals surface area contributed by atoms with Gasteiger partial charge in [-0.1, -0.05) is 65.2 Å². The Kier molecular flexibility index (Phi) is 13.6. The zero-order valence-electron chi connectivity index (χ0n) is 13.2. The second kappa shape index (κ2) is 13.9. The quantitative estimate of drug-likeness (QED) is 0.353. The molecule has 0 bridgehead atoms. The molecule has 2 unspecified atom stereocenters. The van der Waals surface area contributed by atoms with Crippen molar-refractivity contribution in [3.05, 3.63) is 0 Å². The molecule has 0 aliphatic heterocycles. The van der Waals surface area contributed by atoms with E-state index in [2.05, 4.69) is 19.8 Å². The Balaban J connectivity index is 3.16. The molecule has 0 aromatic carbocycles. The summed E-state index contributed by atoms with van der Waals surface area (Å²) in [5.41, 5.74) is 0. The molecule has 1 N–H and O–H groups in total. The lowest BCUT2D eigenvalue weighted by Crippen LogP contribution is -2.11. The van der Waals surface area contributed by atoms with E-state index in [1.54, 1.807) is 0 Å². The van der Waals surface area contributed by atoms with Crippen LogP contribution in [0.4, 0.5) is 0 Å². The third-order valence-corrected chi connectivity index (χ3v) is 3.98. The highest BCUT2D eigenvalue weighted by atomic mass is 16.3. The van der Waals surface area contributed by atoms with E-state index in [-0.39, 0.29) is 6.10 Å². The van der Waals surface area contributed by atoms with Gasteiger partial charge in [-0.25, -0.2) is 0 Å². The van der Waals surface area contributed by atoms with E-state index >= 15 is 0 Å². The maximum atomic E-state index is 9.86. The number of aliphatic hydroxyl groups is 1. The molecule has 1 heteroatoms. The fourth-order valence-electron chi connectivity index (χ4n) is 2.42. The van der Waals surface area contributed by atoms with E-state index in [9.17, 15) is 5.11 Å². The first kappa shape index (κ1) is 18.5. The smallest absolute Gasteiger partial charge is 0.0542 e. The largest absolute Gasteiger partial charge is 0.393 e. The van der Waals surface area contributed by atoms with Crippen molar-refractivity contribution in [1.82, 2.24) is 0 Å². The monoisotopic (exact) mass is 266 g/mol. The first-order chi connectivity index (χ1) is 9.20. The summed E-state index contributed by atoms with van der Waals surface area (Å²) in [6, 6.07) is 0. The predicted molar refractivity (Wildman–Crippen MR) is 85.1 cm³/mol. The minimum Gasteiger partial charge on any atom is -0.393 e. The Morgan fingerprint density at radius 3 is 2.00 bits per heavy atom. The van der Waals surface area contributed by atoms with Crippen LogP contribution in [-0.4, -0.2) is 11.2 Å². The van der Waals surface area contributed by atoms with Crippen LogP contribution >= 0.6 is 0 Å². The number of terminal acetylenes is 1. The van der Waals surface area contributed by atoms with Gasteiger partial charge in [-0.2, -0.15) is 0 Å². The molecule has 0 fully saturated rings. The Bertz CT molecular complexity index is 216. The molecule has 0 aromatic rings. The molecule has 19 heavy (non-hydrogen) atoms. The molecule has 0 heterocycles. The molecule has 2 atom stereocenters. The second-order valence-corrected chi connectivity index (χ2v) is 5.97. The Morgan fingerprint density at radius 1 is 0.947 bits per heavy atom. The molecule has 112 valence electrons. The Labute approximate surface area is 121 Å². The average molecular weight is 266 g/mol. The van der Waals surface area contributed by atoms with Gasteiger partial charge >= 0.3 is 0 Å². The van der Waals surface area contributed by atoms with Crippen LogP contribution in [0.15, 0.2) is 0 Å². The van der Waals surface area contributed by atoms with E-state index in [1.807, 2.05) is 0 Å².